The van der Waals surface area contributed by atoms with Gasteiger partial charge in [-0.3, -0.25) is 9.82 Å². The Morgan fingerprint density at radius 3 is 2.21 bits per heavy atom. The van der Waals surface area contributed by atoms with Crippen molar-refractivity contribution in [1.82, 2.24) is 4.98 Å². The molecule has 5 nitrogen and oxygen atoms in total. The molecular formula is C29H36N2O3. The highest BCUT2D eigenvalue weighted by Gasteiger charge is 2.30. The van der Waals surface area contributed by atoms with Crippen LogP contribution in [0.4, 0.5) is 5.69 Å². The number of benzene rings is 2. The number of anilines is 1. The van der Waals surface area contributed by atoms with E-state index >= 15 is 0 Å². The lowest BCUT2D eigenvalue weighted by Gasteiger charge is -2.38. The monoisotopic (exact) mass is 460 g/mol. The maximum absolute atomic E-state index is 6.53. The minimum atomic E-state index is 0.269. The Morgan fingerprint density at radius 1 is 0.824 bits per heavy atom. The van der Waals surface area contributed by atoms with E-state index in [1.807, 2.05) is 44.3 Å². The number of nitrogens with zero attached hydrogens (tertiary/aromatic N) is 2. The highest BCUT2D eigenvalue weighted by Crippen LogP contribution is 2.40. The van der Waals surface area contributed by atoms with Crippen LogP contribution in [-0.4, -0.2) is 24.2 Å². The molecule has 2 aromatic carbocycles. The van der Waals surface area contributed by atoms with Crippen molar-refractivity contribution in [1.29, 1.82) is 0 Å². The van der Waals surface area contributed by atoms with E-state index in [4.69, 9.17) is 14.3 Å². The number of aromatic nitrogens is 1. The van der Waals surface area contributed by atoms with Crippen LogP contribution in [0.15, 0.2) is 72.9 Å². The first-order valence-corrected chi connectivity index (χ1v) is 12.5. The van der Waals surface area contributed by atoms with Crippen LogP contribution in [-0.2, 0) is 22.8 Å². The number of hydrogen-bond donors (Lipinski definition) is 0. The molecule has 3 aromatic rings. The highest BCUT2D eigenvalue weighted by molar-refractivity contribution is 5.59. The van der Waals surface area contributed by atoms with Gasteiger partial charge in [0.15, 0.2) is 5.75 Å². The molecule has 1 aliphatic carbocycles. The Morgan fingerprint density at radius 2 is 1.53 bits per heavy atom. The molecule has 0 aliphatic heterocycles. The first-order valence-electron chi connectivity index (χ1n) is 12.5. The molecule has 180 valence electrons. The first kappa shape index (κ1) is 24.2. The molecule has 1 fully saturated rings. The van der Waals surface area contributed by atoms with Crippen LogP contribution in [0.3, 0.4) is 0 Å². The van der Waals surface area contributed by atoms with Crippen LogP contribution in [0, 0.1) is 0 Å². The summed E-state index contributed by atoms with van der Waals surface area (Å²) in [6.45, 7) is 6.12. The van der Waals surface area contributed by atoms with Gasteiger partial charge in [-0.25, -0.2) is 5.06 Å². The Labute approximate surface area is 203 Å². The molecule has 0 atom stereocenters. The van der Waals surface area contributed by atoms with Crippen LogP contribution in [0.1, 0.15) is 62.3 Å². The predicted octanol–water partition coefficient (Wildman–Crippen LogP) is 6.68. The van der Waals surface area contributed by atoms with Crippen molar-refractivity contribution in [2.45, 2.75) is 64.7 Å². The molecule has 0 unspecified atom stereocenters. The second kappa shape index (κ2) is 12.5. The van der Waals surface area contributed by atoms with Crippen LogP contribution in [0.5, 0.6) is 5.75 Å². The van der Waals surface area contributed by atoms with Crippen LogP contribution in [0.25, 0.3) is 0 Å². The molecule has 4 rings (SSSR count). The molecular weight excluding hydrogens is 424 g/mol. The fourth-order valence-corrected chi connectivity index (χ4v) is 4.72. The number of rotatable bonds is 11. The summed E-state index contributed by atoms with van der Waals surface area (Å²) in [5.74, 6) is 1.36. The topological polar surface area (TPSA) is 43.8 Å². The van der Waals surface area contributed by atoms with E-state index in [2.05, 4.69) is 52.5 Å². The molecule has 0 saturated heterocycles. The third-order valence-corrected chi connectivity index (χ3v) is 6.44. The zero-order valence-electron chi connectivity index (χ0n) is 20.4. The standard InChI is InChI=1S/C29H36N2O3/c1-3-32-22-27-29(33-4-2)28(19-20-30-27)31(34-21-23-11-7-5-8-12-23)26-17-15-25(16-18-26)24-13-9-6-10-14-24/h5-14,19-20,25-26H,3-4,15-18,21-22H2,1-2H3/t25-,26+. The van der Waals surface area contributed by atoms with Gasteiger partial charge in [-0.2, -0.15) is 0 Å². The first-order chi connectivity index (χ1) is 16.8. The number of pyridine rings is 1. The predicted molar refractivity (Wildman–Crippen MR) is 136 cm³/mol. The van der Waals surface area contributed by atoms with Gasteiger partial charge in [-0.15, -0.1) is 0 Å². The molecule has 0 radical (unpaired) electrons. The summed E-state index contributed by atoms with van der Waals surface area (Å²) in [7, 11) is 0. The highest BCUT2D eigenvalue weighted by atomic mass is 16.7. The molecule has 1 aliphatic rings. The normalized spacial score (nSPS) is 17.9. The van der Waals surface area contributed by atoms with Gasteiger partial charge in [-0.1, -0.05) is 60.7 Å². The lowest BCUT2D eigenvalue weighted by atomic mass is 9.81. The fraction of sp³-hybridized carbons (Fsp3) is 0.414. The van der Waals surface area contributed by atoms with Crippen molar-refractivity contribution >= 4 is 5.69 Å². The number of hydroxylamine groups is 1. The molecule has 0 bridgehead atoms. The van der Waals surface area contributed by atoms with Gasteiger partial charge in [0.25, 0.3) is 0 Å². The Balaban J connectivity index is 1.58. The maximum atomic E-state index is 6.53. The summed E-state index contributed by atoms with van der Waals surface area (Å²) < 4.78 is 11.8. The van der Waals surface area contributed by atoms with E-state index in [1.165, 1.54) is 5.56 Å². The molecule has 0 N–H and O–H groups in total. The average molecular weight is 461 g/mol. The lowest BCUT2D eigenvalue weighted by molar-refractivity contribution is 0.0607. The van der Waals surface area contributed by atoms with E-state index in [1.54, 1.807) is 0 Å². The van der Waals surface area contributed by atoms with Gasteiger partial charge in [-0.05, 0) is 62.6 Å². The van der Waals surface area contributed by atoms with Crippen molar-refractivity contribution in [2.75, 3.05) is 18.3 Å². The zero-order chi connectivity index (χ0) is 23.6. The summed E-state index contributed by atoms with van der Waals surface area (Å²) in [6.07, 6.45) is 6.23. The lowest BCUT2D eigenvalue weighted by Crippen LogP contribution is -2.38. The third-order valence-electron chi connectivity index (χ3n) is 6.44. The van der Waals surface area contributed by atoms with E-state index in [0.717, 1.165) is 48.4 Å². The Bertz CT molecular complexity index is 989. The molecule has 34 heavy (non-hydrogen) atoms. The van der Waals surface area contributed by atoms with E-state index < -0.39 is 0 Å². The van der Waals surface area contributed by atoms with E-state index in [-0.39, 0.29) is 6.04 Å². The summed E-state index contributed by atoms with van der Waals surface area (Å²) in [5.41, 5.74) is 4.33. The fourth-order valence-electron chi connectivity index (χ4n) is 4.72. The second-order valence-electron chi connectivity index (χ2n) is 8.68. The quantitative estimate of drug-likeness (QED) is 0.299. The van der Waals surface area contributed by atoms with Crippen LogP contribution in [0.2, 0.25) is 0 Å². The van der Waals surface area contributed by atoms with Gasteiger partial charge in [0, 0.05) is 12.8 Å². The van der Waals surface area contributed by atoms with Crippen molar-refractivity contribution in [2.24, 2.45) is 0 Å². The SMILES string of the molecule is CCOCc1nccc(N(OCc2ccccc2)[C@H]2CC[C@@H](c3ccccc3)CC2)c1OCC. The second-order valence-corrected chi connectivity index (χ2v) is 8.68. The van der Waals surface area contributed by atoms with Gasteiger partial charge in [0.05, 0.1) is 25.9 Å². The smallest absolute Gasteiger partial charge is 0.168 e. The maximum Gasteiger partial charge on any atom is 0.168 e. The minimum absolute atomic E-state index is 0.269. The van der Waals surface area contributed by atoms with Crippen molar-refractivity contribution < 1.29 is 14.3 Å². The van der Waals surface area contributed by atoms with Gasteiger partial charge >= 0.3 is 0 Å². The van der Waals surface area contributed by atoms with Crippen LogP contribution < -0.4 is 9.80 Å². The van der Waals surface area contributed by atoms with Crippen molar-refractivity contribution in [3.63, 3.8) is 0 Å². The largest absolute Gasteiger partial charge is 0.490 e. The Kier molecular flexibility index (Phi) is 8.94. The van der Waals surface area contributed by atoms with Crippen LogP contribution >= 0.6 is 0 Å². The number of hydrogen-bond acceptors (Lipinski definition) is 5. The Hall–Kier alpha value is -2.89. The molecule has 1 heterocycles. The summed E-state index contributed by atoms with van der Waals surface area (Å²) in [5, 5.41) is 2.09. The summed E-state index contributed by atoms with van der Waals surface area (Å²) in [4.78, 5) is 11.1. The third kappa shape index (κ3) is 6.16. The summed E-state index contributed by atoms with van der Waals surface area (Å²) >= 11 is 0. The van der Waals surface area contributed by atoms with E-state index in [9.17, 15) is 0 Å². The van der Waals surface area contributed by atoms with Gasteiger partial charge < -0.3 is 9.47 Å². The summed E-state index contributed by atoms with van der Waals surface area (Å²) in [6, 6.07) is 23.5. The molecule has 5 heteroatoms. The van der Waals surface area contributed by atoms with Crippen molar-refractivity contribution in [3.8, 4) is 5.75 Å². The molecule has 0 spiro atoms. The van der Waals surface area contributed by atoms with Gasteiger partial charge in [0.1, 0.15) is 11.4 Å². The van der Waals surface area contributed by atoms with Gasteiger partial charge in [0.2, 0.25) is 0 Å². The molecule has 1 aromatic heterocycles. The minimum Gasteiger partial charge on any atom is -0.490 e. The number of ether oxygens (including phenoxy) is 2. The molecule has 1 saturated carbocycles. The van der Waals surface area contributed by atoms with E-state index in [0.29, 0.717) is 32.3 Å². The van der Waals surface area contributed by atoms with Crippen molar-refractivity contribution in [3.05, 3.63) is 89.7 Å². The zero-order valence-corrected chi connectivity index (χ0v) is 20.4. The molecule has 0 amide bonds. The average Bonchev–Trinajstić information content (AvgIpc) is 2.90.